The van der Waals surface area contributed by atoms with Crippen molar-refractivity contribution in [2.45, 2.75) is 71.1 Å². The van der Waals surface area contributed by atoms with Gasteiger partial charge >= 0.3 is 0 Å². The van der Waals surface area contributed by atoms with Crippen LogP contribution in [0.25, 0.3) is 5.57 Å². The van der Waals surface area contributed by atoms with Crippen LogP contribution in [0.15, 0.2) is 24.3 Å². The molecular formula is C19H29N. The Kier molecular flexibility index (Phi) is 6.17. The molecule has 0 unspecified atom stereocenters. The molecule has 0 fully saturated rings. The molecule has 0 aromatic heterocycles. The van der Waals surface area contributed by atoms with Gasteiger partial charge in [0.2, 0.25) is 0 Å². The van der Waals surface area contributed by atoms with E-state index in [0.717, 1.165) is 5.69 Å². The quantitative estimate of drug-likeness (QED) is 0.473. The highest BCUT2D eigenvalue weighted by Crippen LogP contribution is 2.33. The molecule has 0 aliphatic heterocycles. The molecule has 110 valence electrons. The molecule has 1 aliphatic carbocycles. The Morgan fingerprint density at radius 3 is 2.55 bits per heavy atom. The van der Waals surface area contributed by atoms with Crippen molar-refractivity contribution in [3.8, 4) is 0 Å². The summed E-state index contributed by atoms with van der Waals surface area (Å²) in [6.07, 6.45) is 15.8. The molecule has 20 heavy (non-hydrogen) atoms. The van der Waals surface area contributed by atoms with E-state index in [1.54, 1.807) is 5.57 Å². The standard InChI is InChI=1S/C19H29N/c1-2-3-4-5-6-7-8-9-10-16-11-12-17-15-18(20)13-14-19(16)17/h10,13-15H,2-9,11-12,20H2,1H3. The minimum atomic E-state index is 0.900. The first-order chi connectivity index (χ1) is 9.81. The first-order valence-corrected chi connectivity index (χ1v) is 8.39. The molecule has 1 nitrogen and oxygen atoms in total. The highest BCUT2D eigenvalue weighted by atomic mass is 14.5. The van der Waals surface area contributed by atoms with Gasteiger partial charge in [0.05, 0.1) is 0 Å². The van der Waals surface area contributed by atoms with Crippen LogP contribution in [0.4, 0.5) is 5.69 Å². The Morgan fingerprint density at radius 1 is 1.00 bits per heavy atom. The molecule has 0 saturated carbocycles. The molecule has 0 spiro atoms. The van der Waals surface area contributed by atoms with Crippen LogP contribution in [0.5, 0.6) is 0 Å². The van der Waals surface area contributed by atoms with Crippen LogP contribution >= 0.6 is 0 Å². The fourth-order valence-electron chi connectivity index (χ4n) is 3.13. The highest BCUT2D eigenvalue weighted by Gasteiger charge is 2.15. The third-order valence-corrected chi connectivity index (χ3v) is 4.34. The Morgan fingerprint density at radius 2 is 1.75 bits per heavy atom. The second kappa shape index (κ2) is 8.14. The Hall–Kier alpha value is -1.24. The van der Waals surface area contributed by atoms with Gasteiger partial charge < -0.3 is 5.73 Å². The first kappa shape index (κ1) is 15.2. The fraction of sp³-hybridized carbons (Fsp3) is 0.579. The number of fused-ring (bicyclic) bond motifs is 1. The zero-order chi connectivity index (χ0) is 14.2. The van der Waals surface area contributed by atoms with Crippen molar-refractivity contribution in [2.75, 3.05) is 5.73 Å². The Labute approximate surface area is 124 Å². The average molecular weight is 271 g/mol. The lowest BCUT2D eigenvalue weighted by molar-refractivity contribution is 0.592. The lowest BCUT2D eigenvalue weighted by Crippen LogP contribution is -1.87. The van der Waals surface area contributed by atoms with E-state index in [1.807, 2.05) is 6.07 Å². The highest BCUT2D eigenvalue weighted by molar-refractivity contribution is 5.74. The molecule has 1 aromatic carbocycles. The number of allylic oxidation sites excluding steroid dienone is 2. The van der Waals surface area contributed by atoms with Crippen LogP contribution < -0.4 is 5.73 Å². The van der Waals surface area contributed by atoms with Crippen LogP contribution in [-0.2, 0) is 6.42 Å². The van der Waals surface area contributed by atoms with E-state index in [4.69, 9.17) is 5.73 Å². The number of rotatable bonds is 8. The molecule has 0 atom stereocenters. The van der Waals surface area contributed by atoms with E-state index in [2.05, 4.69) is 25.1 Å². The van der Waals surface area contributed by atoms with Crippen molar-refractivity contribution in [1.29, 1.82) is 0 Å². The molecule has 1 aromatic rings. The molecule has 0 saturated heterocycles. The van der Waals surface area contributed by atoms with Crippen LogP contribution in [0, 0.1) is 0 Å². The second-order valence-corrected chi connectivity index (χ2v) is 6.06. The Bertz CT molecular complexity index is 445. The van der Waals surface area contributed by atoms with Gasteiger partial charge in [-0.2, -0.15) is 0 Å². The van der Waals surface area contributed by atoms with E-state index in [1.165, 1.54) is 75.3 Å². The molecule has 0 radical (unpaired) electrons. The lowest BCUT2D eigenvalue weighted by Gasteiger charge is -2.03. The summed E-state index contributed by atoms with van der Waals surface area (Å²) < 4.78 is 0. The summed E-state index contributed by atoms with van der Waals surface area (Å²) in [5.74, 6) is 0. The molecule has 2 rings (SSSR count). The first-order valence-electron chi connectivity index (χ1n) is 8.39. The van der Waals surface area contributed by atoms with Crippen molar-refractivity contribution < 1.29 is 0 Å². The maximum Gasteiger partial charge on any atom is 0.0317 e. The maximum atomic E-state index is 5.85. The van der Waals surface area contributed by atoms with E-state index < -0.39 is 0 Å². The predicted octanol–water partition coefficient (Wildman–Crippen LogP) is 5.74. The van der Waals surface area contributed by atoms with Crippen molar-refractivity contribution in [3.05, 3.63) is 35.4 Å². The summed E-state index contributed by atoms with van der Waals surface area (Å²) >= 11 is 0. The van der Waals surface area contributed by atoms with Gasteiger partial charge in [-0.15, -0.1) is 0 Å². The molecular weight excluding hydrogens is 242 g/mol. The van der Waals surface area contributed by atoms with Gasteiger partial charge in [-0.3, -0.25) is 0 Å². The van der Waals surface area contributed by atoms with Crippen LogP contribution in [0.1, 0.15) is 75.8 Å². The maximum absolute atomic E-state index is 5.85. The van der Waals surface area contributed by atoms with Crippen molar-refractivity contribution in [1.82, 2.24) is 0 Å². The van der Waals surface area contributed by atoms with Crippen LogP contribution in [0.2, 0.25) is 0 Å². The number of hydrogen-bond donors (Lipinski definition) is 1. The SMILES string of the molecule is CCCCCCCCCC=C1CCc2cc(N)ccc21. The molecule has 2 N–H and O–H groups in total. The van der Waals surface area contributed by atoms with E-state index >= 15 is 0 Å². The summed E-state index contributed by atoms with van der Waals surface area (Å²) in [5.41, 5.74) is 11.2. The number of benzene rings is 1. The third-order valence-electron chi connectivity index (χ3n) is 4.34. The third kappa shape index (κ3) is 4.40. The number of nitrogens with two attached hydrogens (primary N) is 1. The monoisotopic (exact) mass is 271 g/mol. The number of anilines is 1. The van der Waals surface area contributed by atoms with Gasteiger partial charge in [-0.25, -0.2) is 0 Å². The van der Waals surface area contributed by atoms with Gasteiger partial charge in [-0.1, -0.05) is 57.6 Å². The van der Waals surface area contributed by atoms with Gasteiger partial charge in [0.1, 0.15) is 0 Å². The number of hydrogen-bond acceptors (Lipinski definition) is 1. The van der Waals surface area contributed by atoms with Crippen molar-refractivity contribution >= 4 is 11.3 Å². The summed E-state index contributed by atoms with van der Waals surface area (Å²) in [4.78, 5) is 0. The largest absolute Gasteiger partial charge is 0.399 e. The topological polar surface area (TPSA) is 26.0 Å². The summed E-state index contributed by atoms with van der Waals surface area (Å²) in [6, 6.07) is 6.38. The predicted molar refractivity (Wildman–Crippen MR) is 89.8 cm³/mol. The van der Waals surface area contributed by atoms with Gasteiger partial charge in [0.25, 0.3) is 0 Å². The van der Waals surface area contributed by atoms with Crippen LogP contribution in [0.3, 0.4) is 0 Å². The summed E-state index contributed by atoms with van der Waals surface area (Å²) in [6.45, 7) is 2.28. The molecule has 0 heterocycles. The fourth-order valence-corrected chi connectivity index (χ4v) is 3.13. The van der Waals surface area contributed by atoms with E-state index in [-0.39, 0.29) is 0 Å². The summed E-state index contributed by atoms with van der Waals surface area (Å²) in [5, 5.41) is 0. The molecule has 1 heteroatoms. The number of nitrogen functional groups attached to an aromatic ring is 1. The van der Waals surface area contributed by atoms with Gasteiger partial charge in [0, 0.05) is 5.69 Å². The van der Waals surface area contributed by atoms with E-state index in [9.17, 15) is 0 Å². The zero-order valence-electron chi connectivity index (χ0n) is 13.0. The number of unbranched alkanes of at least 4 members (excludes halogenated alkanes) is 7. The molecule has 0 amide bonds. The van der Waals surface area contributed by atoms with Gasteiger partial charge in [0.15, 0.2) is 0 Å². The van der Waals surface area contributed by atoms with Crippen LogP contribution in [-0.4, -0.2) is 0 Å². The lowest BCUT2D eigenvalue weighted by atomic mass is 10.0. The average Bonchev–Trinajstić information content (AvgIpc) is 2.84. The normalized spacial score (nSPS) is 15.8. The van der Waals surface area contributed by atoms with Crippen molar-refractivity contribution in [3.63, 3.8) is 0 Å². The van der Waals surface area contributed by atoms with E-state index in [0.29, 0.717) is 0 Å². The molecule has 0 bridgehead atoms. The number of aryl methyl sites for hydroxylation is 1. The Balaban J connectivity index is 1.69. The zero-order valence-corrected chi connectivity index (χ0v) is 13.0. The van der Waals surface area contributed by atoms with Crippen molar-refractivity contribution in [2.24, 2.45) is 0 Å². The summed E-state index contributed by atoms with van der Waals surface area (Å²) in [7, 11) is 0. The second-order valence-electron chi connectivity index (χ2n) is 6.06. The van der Waals surface area contributed by atoms with Gasteiger partial charge in [-0.05, 0) is 54.5 Å². The minimum Gasteiger partial charge on any atom is -0.399 e. The minimum absolute atomic E-state index is 0.900. The molecule has 1 aliphatic rings. The smallest absolute Gasteiger partial charge is 0.0317 e.